The summed E-state index contributed by atoms with van der Waals surface area (Å²) in [6, 6.07) is 0. The van der Waals surface area contributed by atoms with Crippen LogP contribution in [0.25, 0.3) is 0 Å². The minimum absolute atomic E-state index is 0.0193. The van der Waals surface area contributed by atoms with Crippen LogP contribution < -0.4 is 0 Å². The van der Waals surface area contributed by atoms with Gasteiger partial charge in [0.25, 0.3) is 0 Å². The minimum atomic E-state index is -0.891. The molecule has 162 valence electrons. The van der Waals surface area contributed by atoms with Crippen LogP contribution in [0.15, 0.2) is 12.2 Å². The average molecular weight is 407 g/mol. The predicted octanol–water partition coefficient (Wildman–Crippen LogP) is 3.62. The van der Waals surface area contributed by atoms with Crippen molar-refractivity contribution >= 4 is 18.2 Å². The molecule has 3 rings (SSSR count). The first kappa shape index (κ1) is 22.0. The van der Waals surface area contributed by atoms with Crippen LogP contribution in [-0.4, -0.2) is 43.1 Å². The van der Waals surface area contributed by atoms with Crippen LogP contribution in [0.3, 0.4) is 0 Å². The topological polar surface area (TPSA) is 82.2 Å². The maximum absolute atomic E-state index is 13.0. The van der Waals surface area contributed by atoms with E-state index in [2.05, 4.69) is 13.5 Å². The number of carbonyl (C=O) groups excluding carboxylic acids is 3. The van der Waals surface area contributed by atoms with Crippen molar-refractivity contribution in [1.29, 1.82) is 0 Å². The number of ether oxygens (including phenoxy) is 3. The Labute approximate surface area is 173 Å². The van der Waals surface area contributed by atoms with Gasteiger partial charge in [-0.2, -0.15) is 0 Å². The Bertz CT molecular complexity index is 716. The van der Waals surface area contributed by atoms with Crippen molar-refractivity contribution in [2.24, 2.45) is 22.7 Å². The molecule has 0 aromatic carbocycles. The van der Waals surface area contributed by atoms with Crippen LogP contribution in [0.1, 0.15) is 66.2 Å². The molecular weight excluding hydrogens is 372 g/mol. The Balaban J connectivity index is 1.89. The summed E-state index contributed by atoms with van der Waals surface area (Å²) in [4.78, 5) is 35.8. The molecule has 2 saturated carbocycles. The van der Waals surface area contributed by atoms with E-state index in [0.717, 1.165) is 38.4 Å². The molecule has 3 aliphatic rings. The zero-order chi connectivity index (χ0) is 21.6. The molecule has 0 spiro atoms. The van der Waals surface area contributed by atoms with Crippen LogP contribution in [0.2, 0.25) is 0 Å². The normalized spacial score (nSPS) is 43.8. The van der Waals surface area contributed by atoms with Gasteiger partial charge in [-0.25, -0.2) is 0 Å². The molecule has 1 heterocycles. The molecule has 1 saturated heterocycles. The van der Waals surface area contributed by atoms with E-state index in [1.54, 1.807) is 0 Å². The molecule has 0 aromatic rings. The van der Waals surface area contributed by atoms with Gasteiger partial charge < -0.3 is 19.0 Å². The highest BCUT2D eigenvalue weighted by molar-refractivity contribution is 5.79. The number of allylic oxidation sites excluding steroid dienone is 1. The lowest BCUT2D eigenvalue weighted by molar-refractivity contribution is -0.197. The second kappa shape index (κ2) is 7.53. The maximum Gasteiger partial charge on any atom is 0.315 e. The maximum atomic E-state index is 13.0. The Morgan fingerprint density at radius 3 is 2.52 bits per heavy atom. The Kier molecular flexibility index (Phi) is 5.71. The summed E-state index contributed by atoms with van der Waals surface area (Å²) in [6.07, 6.45) is 4.84. The third-order valence-electron chi connectivity index (χ3n) is 8.10. The third kappa shape index (κ3) is 3.54. The van der Waals surface area contributed by atoms with Crippen molar-refractivity contribution in [3.8, 4) is 0 Å². The molecule has 0 radical (unpaired) electrons. The fourth-order valence-corrected chi connectivity index (χ4v) is 6.31. The number of epoxide rings is 1. The fraction of sp³-hybridized carbons (Fsp3) is 0.783. The average Bonchev–Trinajstić information content (AvgIpc) is 3.33. The summed E-state index contributed by atoms with van der Waals surface area (Å²) in [7, 11) is 1.40. The van der Waals surface area contributed by atoms with Gasteiger partial charge in [0.05, 0.1) is 12.7 Å². The zero-order valence-electron chi connectivity index (χ0n) is 18.3. The Morgan fingerprint density at radius 2 is 1.97 bits per heavy atom. The number of esters is 2. The molecule has 0 N–H and O–H groups in total. The Hall–Kier alpha value is -1.69. The second-order valence-corrected chi connectivity index (χ2v) is 9.74. The predicted molar refractivity (Wildman–Crippen MR) is 107 cm³/mol. The molecule has 6 heteroatoms. The molecule has 0 bridgehead atoms. The van der Waals surface area contributed by atoms with Crippen LogP contribution >= 0.6 is 0 Å². The van der Waals surface area contributed by atoms with E-state index >= 15 is 0 Å². The van der Waals surface area contributed by atoms with Gasteiger partial charge in [0, 0.05) is 6.92 Å². The first-order valence-corrected chi connectivity index (χ1v) is 10.6. The highest BCUT2D eigenvalue weighted by Crippen LogP contribution is 2.63. The van der Waals surface area contributed by atoms with Gasteiger partial charge >= 0.3 is 11.9 Å². The van der Waals surface area contributed by atoms with Gasteiger partial charge in [-0.15, -0.1) is 0 Å². The second-order valence-electron chi connectivity index (χ2n) is 9.74. The number of methoxy groups -OCH3 is 1. The molecule has 29 heavy (non-hydrogen) atoms. The molecule has 0 unspecified atom stereocenters. The van der Waals surface area contributed by atoms with Crippen molar-refractivity contribution in [2.45, 2.75) is 84.0 Å². The summed E-state index contributed by atoms with van der Waals surface area (Å²) in [6.45, 7) is 11.9. The summed E-state index contributed by atoms with van der Waals surface area (Å²) in [5.41, 5.74) is -0.228. The van der Waals surface area contributed by atoms with E-state index in [0.29, 0.717) is 6.42 Å². The van der Waals surface area contributed by atoms with E-state index in [9.17, 15) is 14.4 Å². The van der Waals surface area contributed by atoms with Crippen molar-refractivity contribution in [3.05, 3.63) is 12.2 Å². The molecule has 0 aromatic heterocycles. The summed E-state index contributed by atoms with van der Waals surface area (Å²) >= 11 is 0. The molecule has 7 atom stereocenters. The van der Waals surface area contributed by atoms with Crippen LogP contribution in [-0.2, 0) is 28.6 Å². The number of hydrogen-bond donors (Lipinski definition) is 0. The quantitative estimate of drug-likeness (QED) is 0.290. The van der Waals surface area contributed by atoms with E-state index in [4.69, 9.17) is 14.2 Å². The summed E-state index contributed by atoms with van der Waals surface area (Å²) in [5.74, 6) is -0.448. The van der Waals surface area contributed by atoms with E-state index in [-0.39, 0.29) is 40.9 Å². The first-order chi connectivity index (χ1) is 13.5. The summed E-state index contributed by atoms with van der Waals surface area (Å²) in [5, 5.41) is 0. The number of fused-ring (bicyclic) bond motifs is 1. The van der Waals surface area contributed by atoms with Crippen molar-refractivity contribution in [1.82, 2.24) is 0 Å². The number of hydrogen-bond acceptors (Lipinski definition) is 6. The monoisotopic (exact) mass is 406 g/mol. The lowest BCUT2D eigenvalue weighted by Gasteiger charge is -2.59. The molecule has 3 fully saturated rings. The van der Waals surface area contributed by atoms with Crippen LogP contribution in [0.5, 0.6) is 0 Å². The zero-order valence-corrected chi connectivity index (χ0v) is 18.3. The van der Waals surface area contributed by atoms with Gasteiger partial charge in [-0.1, -0.05) is 19.1 Å². The van der Waals surface area contributed by atoms with Crippen molar-refractivity contribution < 1.29 is 28.6 Å². The lowest BCUT2D eigenvalue weighted by Crippen LogP contribution is -2.60. The minimum Gasteiger partial charge on any atom is -0.468 e. The molecule has 2 aliphatic carbocycles. The van der Waals surface area contributed by atoms with E-state index in [1.807, 2.05) is 13.8 Å². The highest BCUT2D eigenvalue weighted by Gasteiger charge is 2.63. The first-order valence-electron chi connectivity index (χ1n) is 10.6. The van der Waals surface area contributed by atoms with E-state index in [1.165, 1.54) is 19.6 Å². The number of rotatable bonds is 6. The van der Waals surface area contributed by atoms with Gasteiger partial charge in [-0.05, 0) is 69.6 Å². The van der Waals surface area contributed by atoms with Gasteiger partial charge in [-0.3, -0.25) is 9.59 Å². The smallest absolute Gasteiger partial charge is 0.315 e. The van der Waals surface area contributed by atoms with Gasteiger partial charge in [0.2, 0.25) is 0 Å². The largest absolute Gasteiger partial charge is 0.468 e. The number of aldehydes is 1. The standard InChI is InChI=1S/C23H34O6/c1-14-7-8-17-21(3,16(14)9-12-22(4)19(13-24)29-22)11-10-18(28-15(2)25)23(17,5)20(26)27-6/h13,16-19H,1,7-12H2,2-6H3/t16-,17+,18+,19+,21+,22+,23+/m0/s1. The fourth-order valence-electron chi connectivity index (χ4n) is 6.31. The van der Waals surface area contributed by atoms with Crippen LogP contribution in [0, 0.1) is 22.7 Å². The third-order valence-corrected chi connectivity index (χ3v) is 8.10. The Morgan fingerprint density at radius 1 is 1.28 bits per heavy atom. The van der Waals surface area contributed by atoms with Crippen molar-refractivity contribution in [3.63, 3.8) is 0 Å². The molecule has 0 amide bonds. The number of carbonyl (C=O) groups is 3. The lowest BCUT2D eigenvalue weighted by atomic mass is 9.45. The van der Waals surface area contributed by atoms with Gasteiger partial charge in [0.1, 0.15) is 17.6 Å². The highest BCUT2D eigenvalue weighted by atomic mass is 16.6. The van der Waals surface area contributed by atoms with Crippen LogP contribution in [0.4, 0.5) is 0 Å². The van der Waals surface area contributed by atoms with Gasteiger partial charge in [0.15, 0.2) is 6.29 Å². The molecular formula is C23H34O6. The molecule has 1 aliphatic heterocycles. The van der Waals surface area contributed by atoms with Crippen molar-refractivity contribution in [2.75, 3.05) is 7.11 Å². The van der Waals surface area contributed by atoms with E-state index < -0.39 is 11.5 Å². The SMILES string of the molecule is C=C1CC[C@@H]2[C@](C)(CC[C@@H](OC(C)=O)[C@]2(C)C(=O)OC)[C@H]1CC[C@@]1(C)O[C@@H]1C=O. The molecule has 6 nitrogen and oxygen atoms in total. The summed E-state index contributed by atoms with van der Waals surface area (Å²) < 4.78 is 16.4.